The van der Waals surface area contributed by atoms with E-state index in [0.29, 0.717) is 29.4 Å². The fourth-order valence-corrected chi connectivity index (χ4v) is 4.38. The zero-order valence-corrected chi connectivity index (χ0v) is 20.0. The Hall–Kier alpha value is -3.52. The average molecular weight is 469 g/mol. The van der Waals surface area contributed by atoms with Crippen LogP contribution in [0.25, 0.3) is 0 Å². The van der Waals surface area contributed by atoms with Crippen LogP contribution in [-0.2, 0) is 14.8 Å². The van der Waals surface area contributed by atoms with Crippen LogP contribution in [0.1, 0.15) is 23.6 Å². The van der Waals surface area contributed by atoms with Gasteiger partial charge in [0.1, 0.15) is 11.5 Å². The number of hydrogen-bond acceptors (Lipinski definition) is 5. The monoisotopic (exact) mass is 468 g/mol. The number of ether oxygens (including phenoxy) is 2. The number of anilines is 2. The van der Waals surface area contributed by atoms with E-state index in [0.717, 1.165) is 16.8 Å². The highest BCUT2D eigenvalue weighted by molar-refractivity contribution is 7.92. The molecule has 33 heavy (non-hydrogen) atoms. The fraction of sp³-hybridized carbons (Fsp3) is 0.240. The molecule has 0 aromatic heterocycles. The van der Waals surface area contributed by atoms with Crippen molar-refractivity contribution >= 4 is 27.3 Å². The van der Waals surface area contributed by atoms with Crippen molar-refractivity contribution in [1.29, 1.82) is 0 Å². The molecule has 3 aromatic carbocycles. The molecule has 0 saturated heterocycles. The number of rotatable bonds is 9. The minimum Gasteiger partial charge on any atom is -0.494 e. The molecule has 174 valence electrons. The SMILES string of the molecule is CCOc1ccc(NS(=O)(=O)c2ccc(OCC(=O)Nc3ccc(C)cc3C)c(C)c2)cc1. The highest BCUT2D eigenvalue weighted by Gasteiger charge is 2.16. The van der Waals surface area contributed by atoms with Gasteiger partial charge in [-0.05, 0) is 87.4 Å². The molecule has 7 nitrogen and oxygen atoms in total. The molecule has 0 saturated carbocycles. The smallest absolute Gasteiger partial charge is 0.262 e. The topological polar surface area (TPSA) is 93.7 Å². The van der Waals surface area contributed by atoms with Gasteiger partial charge >= 0.3 is 0 Å². The van der Waals surface area contributed by atoms with Gasteiger partial charge in [-0.15, -0.1) is 0 Å². The quantitative estimate of drug-likeness (QED) is 0.469. The second-order valence-electron chi connectivity index (χ2n) is 7.65. The number of amides is 1. The second-order valence-corrected chi connectivity index (χ2v) is 9.33. The Balaban J connectivity index is 1.63. The van der Waals surface area contributed by atoms with Crippen molar-refractivity contribution in [2.24, 2.45) is 0 Å². The van der Waals surface area contributed by atoms with Crippen LogP contribution in [0.3, 0.4) is 0 Å². The summed E-state index contributed by atoms with van der Waals surface area (Å²) in [7, 11) is -3.78. The number of carbonyl (C=O) groups excluding carboxylic acids is 1. The number of aryl methyl sites for hydroxylation is 3. The third-order valence-electron chi connectivity index (χ3n) is 4.89. The molecular weight excluding hydrogens is 440 g/mol. The minimum atomic E-state index is -3.78. The Bertz CT molecular complexity index is 1240. The predicted octanol–water partition coefficient (Wildman–Crippen LogP) is 4.83. The van der Waals surface area contributed by atoms with Crippen molar-refractivity contribution in [3.05, 3.63) is 77.4 Å². The van der Waals surface area contributed by atoms with Crippen LogP contribution in [0.5, 0.6) is 11.5 Å². The molecule has 0 atom stereocenters. The van der Waals surface area contributed by atoms with Gasteiger partial charge in [0.05, 0.1) is 11.5 Å². The zero-order chi connectivity index (χ0) is 24.0. The maximum absolute atomic E-state index is 12.8. The van der Waals surface area contributed by atoms with E-state index in [1.807, 2.05) is 39.0 Å². The Morgan fingerprint density at radius 3 is 2.24 bits per heavy atom. The van der Waals surface area contributed by atoms with Gasteiger partial charge in [-0.25, -0.2) is 8.42 Å². The third kappa shape index (κ3) is 6.49. The van der Waals surface area contributed by atoms with Crippen molar-refractivity contribution < 1.29 is 22.7 Å². The summed E-state index contributed by atoms with van der Waals surface area (Å²) in [5, 5.41) is 2.82. The Morgan fingerprint density at radius 2 is 1.61 bits per heavy atom. The summed E-state index contributed by atoms with van der Waals surface area (Å²) in [6.07, 6.45) is 0. The molecule has 0 aliphatic rings. The number of nitrogens with one attached hydrogen (secondary N) is 2. The van der Waals surface area contributed by atoms with E-state index in [2.05, 4.69) is 10.0 Å². The van der Waals surface area contributed by atoms with Gasteiger partial charge in [-0.3, -0.25) is 9.52 Å². The van der Waals surface area contributed by atoms with Crippen LogP contribution < -0.4 is 19.5 Å². The summed E-state index contributed by atoms with van der Waals surface area (Å²) in [5.41, 5.74) is 3.84. The molecule has 0 aliphatic carbocycles. The molecule has 2 N–H and O–H groups in total. The normalized spacial score (nSPS) is 11.0. The van der Waals surface area contributed by atoms with E-state index in [1.165, 1.54) is 12.1 Å². The first kappa shape index (κ1) is 24.1. The van der Waals surface area contributed by atoms with Crippen molar-refractivity contribution in [1.82, 2.24) is 0 Å². The highest BCUT2D eigenvalue weighted by atomic mass is 32.2. The van der Waals surface area contributed by atoms with Crippen LogP contribution in [-0.4, -0.2) is 27.5 Å². The van der Waals surface area contributed by atoms with E-state index in [9.17, 15) is 13.2 Å². The van der Waals surface area contributed by atoms with Crippen molar-refractivity contribution in [3.63, 3.8) is 0 Å². The lowest BCUT2D eigenvalue weighted by molar-refractivity contribution is -0.118. The second kappa shape index (κ2) is 10.4. The molecule has 0 fully saturated rings. The van der Waals surface area contributed by atoms with Crippen LogP contribution in [0.15, 0.2) is 65.6 Å². The first-order valence-electron chi connectivity index (χ1n) is 10.5. The van der Waals surface area contributed by atoms with E-state index < -0.39 is 10.0 Å². The van der Waals surface area contributed by atoms with E-state index in [1.54, 1.807) is 37.3 Å². The molecule has 3 rings (SSSR count). The number of benzene rings is 3. The van der Waals surface area contributed by atoms with Crippen LogP contribution >= 0.6 is 0 Å². The lowest BCUT2D eigenvalue weighted by Gasteiger charge is -2.13. The van der Waals surface area contributed by atoms with E-state index in [4.69, 9.17) is 9.47 Å². The van der Waals surface area contributed by atoms with Crippen LogP contribution in [0.2, 0.25) is 0 Å². The van der Waals surface area contributed by atoms with Gasteiger partial charge in [0.15, 0.2) is 6.61 Å². The summed E-state index contributed by atoms with van der Waals surface area (Å²) >= 11 is 0. The van der Waals surface area contributed by atoms with Crippen molar-refractivity contribution in [2.75, 3.05) is 23.3 Å². The number of sulfonamides is 1. The molecule has 1 amide bonds. The highest BCUT2D eigenvalue weighted by Crippen LogP contribution is 2.25. The first-order chi connectivity index (χ1) is 15.7. The van der Waals surface area contributed by atoms with Gasteiger partial charge in [0, 0.05) is 11.4 Å². The number of carbonyl (C=O) groups is 1. The fourth-order valence-electron chi connectivity index (χ4n) is 3.23. The Morgan fingerprint density at radius 1 is 0.879 bits per heavy atom. The van der Waals surface area contributed by atoms with Gasteiger partial charge in [0.2, 0.25) is 0 Å². The van der Waals surface area contributed by atoms with Gasteiger partial charge < -0.3 is 14.8 Å². The first-order valence-corrected chi connectivity index (χ1v) is 12.0. The van der Waals surface area contributed by atoms with Crippen molar-refractivity contribution in [3.8, 4) is 11.5 Å². The van der Waals surface area contributed by atoms with Crippen LogP contribution in [0, 0.1) is 20.8 Å². The molecule has 0 radical (unpaired) electrons. The molecule has 8 heteroatoms. The third-order valence-corrected chi connectivity index (χ3v) is 6.27. The molecule has 0 heterocycles. The van der Waals surface area contributed by atoms with E-state index >= 15 is 0 Å². The lowest BCUT2D eigenvalue weighted by atomic mass is 10.1. The summed E-state index contributed by atoms with van der Waals surface area (Å²) in [6, 6.07) is 16.9. The summed E-state index contributed by atoms with van der Waals surface area (Å²) in [6.45, 7) is 7.86. The maximum Gasteiger partial charge on any atom is 0.262 e. The molecule has 0 spiro atoms. The van der Waals surface area contributed by atoms with Gasteiger partial charge in [-0.1, -0.05) is 17.7 Å². The van der Waals surface area contributed by atoms with Gasteiger partial charge in [-0.2, -0.15) is 0 Å². The Kier molecular flexibility index (Phi) is 7.60. The van der Waals surface area contributed by atoms with Crippen LogP contribution in [0.4, 0.5) is 11.4 Å². The molecule has 0 unspecified atom stereocenters. The number of hydrogen-bond donors (Lipinski definition) is 2. The standard InChI is InChI=1S/C25H28N2O5S/c1-5-31-21-9-7-20(8-10-21)27-33(29,30)22-11-13-24(19(4)15-22)32-16-25(28)26-23-12-6-17(2)14-18(23)3/h6-15,27H,5,16H2,1-4H3,(H,26,28). The van der Waals surface area contributed by atoms with Crippen molar-refractivity contribution in [2.45, 2.75) is 32.6 Å². The summed E-state index contributed by atoms with van der Waals surface area (Å²) < 4.78 is 39.0. The molecule has 0 aliphatic heterocycles. The summed E-state index contributed by atoms with van der Waals surface area (Å²) in [5.74, 6) is 0.806. The minimum absolute atomic E-state index is 0.0981. The lowest BCUT2D eigenvalue weighted by Crippen LogP contribution is -2.21. The maximum atomic E-state index is 12.8. The average Bonchev–Trinajstić information content (AvgIpc) is 2.76. The van der Waals surface area contributed by atoms with E-state index in [-0.39, 0.29) is 17.4 Å². The summed E-state index contributed by atoms with van der Waals surface area (Å²) in [4.78, 5) is 12.4. The molecular formula is C25H28N2O5S. The largest absolute Gasteiger partial charge is 0.494 e. The predicted molar refractivity (Wildman–Crippen MR) is 130 cm³/mol. The molecule has 0 bridgehead atoms. The zero-order valence-electron chi connectivity index (χ0n) is 19.1. The molecule has 3 aromatic rings. The van der Waals surface area contributed by atoms with Gasteiger partial charge in [0.25, 0.3) is 15.9 Å². The Labute approximate surface area is 194 Å².